The van der Waals surface area contributed by atoms with Gasteiger partial charge in [0.1, 0.15) is 5.82 Å². The maximum absolute atomic E-state index is 14.0. The van der Waals surface area contributed by atoms with E-state index >= 15 is 0 Å². The second-order valence-corrected chi connectivity index (χ2v) is 5.58. The van der Waals surface area contributed by atoms with Crippen molar-refractivity contribution < 1.29 is 9.60 Å². The van der Waals surface area contributed by atoms with Gasteiger partial charge >= 0.3 is 0 Å². The minimum Gasteiger partial charge on any atom is -0.409 e. The molecule has 2 rings (SSSR count). The molecule has 1 aromatic heterocycles. The first-order valence-electron chi connectivity index (χ1n) is 6.07. The summed E-state index contributed by atoms with van der Waals surface area (Å²) in [6.07, 6.45) is 0. The fraction of sp³-hybridized carbons (Fsp3) is 0.214. The van der Waals surface area contributed by atoms with Crippen LogP contribution in [-0.4, -0.2) is 23.0 Å². The van der Waals surface area contributed by atoms with Crippen molar-refractivity contribution in [3.8, 4) is 0 Å². The van der Waals surface area contributed by atoms with Gasteiger partial charge in [0.05, 0.1) is 0 Å². The maximum atomic E-state index is 14.0. The third kappa shape index (κ3) is 3.55. The fourth-order valence-corrected chi connectivity index (χ4v) is 2.69. The maximum Gasteiger partial charge on any atom is 0.170 e. The van der Waals surface area contributed by atoms with E-state index in [-0.39, 0.29) is 11.7 Å². The average molecular weight is 293 g/mol. The smallest absolute Gasteiger partial charge is 0.170 e. The Morgan fingerprint density at radius 3 is 2.80 bits per heavy atom. The summed E-state index contributed by atoms with van der Waals surface area (Å²) in [5.41, 5.74) is 6.38. The topological polar surface area (TPSA) is 61.8 Å². The predicted molar refractivity (Wildman–Crippen MR) is 78.4 cm³/mol. The fourth-order valence-electron chi connectivity index (χ4n) is 1.91. The van der Waals surface area contributed by atoms with Crippen LogP contribution in [0.4, 0.5) is 4.39 Å². The first kappa shape index (κ1) is 14.5. The Hall–Kier alpha value is -1.92. The van der Waals surface area contributed by atoms with Crippen LogP contribution in [0.25, 0.3) is 0 Å². The second-order valence-electron chi connectivity index (χ2n) is 4.54. The summed E-state index contributed by atoms with van der Waals surface area (Å²) in [6.45, 7) is 1.28. The highest BCUT2D eigenvalue weighted by Crippen LogP contribution is 2.16. The number of thiophene rings is 1. The molecule has 0 aliphatic rings. The van der Waals surface area contributed by atoms with Gasteiger partial charge in [-0.05, 0) is 24.6 Å². The summed E-state index contributed by atoms with van der Waals surface area (Å²) in [7, 11) is 1.94. The molecule has 1 aromatic carbocycles. The van der Waals surface area contributed by atoms with Gasteiger partial charge in [-0.25, -0.2) is 4.39 Å². The number of hydrogen-bond acceptors (Lipinski definition) is 4. The van der Waals surface area contributed by atoms with E-state index in [1.165, 1.54) is 10.9 Å². The summed E-state index contributed by atoms with van der Waals surface area (Å²) >= 11 is 1.68. The van der Waals surface area contributed by atoms with Crippen LogP contribution in [0.15, 0.2) is 40.9 Å². The normalized spacial score (nSPS) is 12.1. The predicted octanol–water partition coefficient (Wildman–Crippen LogP) is 2.61. The number of hydrogen-bond donors (Lipinski definition) is 2. The van der Waals surface area contributed by atoms with Gasteiger partial charge in [-0.3, -0.25) is 4.90 Å². The van der Waals surface area contributed by atoms with Gasteiger partial charge < -0.3 is 10.9 Å². The van der Waals surface area contributed by atoms with Crippen molar-refractivity contribution in [2.24, 2.45) is 10.9 Å². The zero-order valence-corrected chi connectivity index (χ0v) is 11.9. The molecule has 0 aliphatic heterocycles. The molecule has 3 N–H and O–H groups in total. The Balaban J connectivity index is 2.06. The van der Waals surface area contributed by atoms with E-state index in [2.05, 4.69) is 11.2 Å². The van der Waals surface area contributed by atoms with Gasteiger partial charge in [-0.1, -0.05) is 23.4 Å². The Labute approximate surface area is 120 Å². The van der Waals surface area contributed by atoms with Crippen LogP contribution < -0.4 is 5.73 Å². The van der Waals surface area contributed by atoms with Crippen LogP contribution in [0.3, 0.4) is 0 Å². The second kappa shape index (κ2) is 6.49. The Bertz CT molecular complexity index is 598. The summed E-state index contributed by atoms with van der Waals surface area (Å²) in [4.78, 5) is 3.27. The van der Waals surface area contributed by atoms with E-state index in [1.807, 2.05) is 23.4 Å². The van der Waals surface area contributed by atoms with Gasteiger partial charge in [-0.15, -0.1) is 11.3 Å². The number of halogens is 1. The molecule has 106 valence electrons. The minimum absolute atomic E-state index is 0.0950. The number of rotatable bonds is 5. The zero-order valence-electron chi connectivity index (χ0n) is 11.1. The molecule has 0 atom stereocenters. The Morgan fingerprint density at radius 2 is 2.20 bits per heavy atom. The van der Waals surface area contributed by atoms with Crippen LogP contribution in [0.5, 0.6) is 0 Å². The van der Waals surface area contributed by atoms with Crippen molar-refractivity contribution in [2.75, 3.05) is 7.05 Å². The van der Waals surface area contributed by atoms with Crippen molar-refractivity contribution in [1.82, 2.24) is 4.90 Å². The summed E-state index contributed by atoms with van der Waals surface area (Å²) in [5, 5.41) is 13.5. The number of nitrogens with zero attached hydrogens (tertiary/aromatic N) is 2. The van der Waals surface area contributed by atoms with Gasteiger partial charge in [-0.2, -0.15) is 0 Å². The van der Waals surface area contributed by atoms with Crippen molar-refractivity contribution in [2.45, 2.75) is 13.1 Å². The van der Waals surface area contributed by atoms with Crippen molar-refractivity contribution in [1.29, 1.82) is 0 Å². The van der Waals surface area contributed by atoms with Gasteiger partial charge in [0.15, 0.2) is 5.84 Å². The van der Waals surface area contributed by atoms with Crippen LogP contribution in [0, 0.1) is 5.82 Å². The average Bonchev–Trinajstić information content (AvgIpc) is 2.93. The van der Waals surface area contributed by atoms with E-state index in [1.54, 1.807) is 23.5 Å². The van der Waals surface area contributed by atoms with Crippen LogP contribution in [0.1, 0.15) is 16.0 Å². The molecule has 0 radical (unpaired) electrons. The monoisotopic (exact) mass is 293 g/mol. The molecule has 1 heterocycles. The molecular formula is C14H16FN3OS. The number of nitrogens with two attached hydrogens (primary N) is 1. The highest BCUT2D eigenvalue weighted by atomic mass is 32.1. The largest absolute Gasteiger partial charge is 0.409 e. The van der Waals surface area contributed by atoms with Crippen LogP contribution in [-0.2, 0) is 13.1 Å². The molecule has 0 spiro atoms. The third-order valence-corrected chi connectivity index (χ3v) is 3.76. The summed E-state index contributed by atoms with van der Waals surface area (Å²) in [6, 6.07) is 8.64. The van der Waals surface area contributed by atoms with Crippen molar-refractivity contribution >= 4 is 17.2 Å². The number of benzene rings is 1. The highest BCUT2D eigenvalue weighted by Gasteiger charge is 2.09. The molecule has 20 heavy (non-hydrogen) atoms. The lowest BCUT2D eigenvalue weighted by Gasteiger charge is -2.16. The zero-order chi connectivity index (χ0) is 14.5. The molecule has 0 saturated carbocycles. The molecule has 0 saturated heterocycles. The van der Waals surface area contributed by atoms with Gasteiger partial charge in [0, 0.05) is 29.1 Å². The van der Waals surface area contributed by atoms with Gasteiger partial charge in [0.25, 0.3) is 0 Å². The highest BCUT2D eigenvalue weighted by molar-refractivity contribution is 7.09. The molecule has 4 nitrogen and oxygen atoms in total. The summed E-state index contributed by atoms with van der Waals surface area (Å²) < 4.78 is 14.0. The summed E-state index contributed by atoms with van der Waals surface area (Å²) in [5.74, 6) is -0.450. The lowest BCUT2D eigenvalue weighted by Crippen LogP contribution is -2.18. The molecule has 0 aliphatic carbocycles. The van der Waals surface area contributed by atoms with E-state index < -0.39 is 0 Å². The molecule has 2 aromatic rings. The minimum atomic E-state index is -0.355. The van der Waals surface area contributed by atoms with Crippen LogP contribution in [0.2, 0.25) is 0 Å². The van der Waals surface area contributed by atoms with E-state index in [0.717, 1.165) is 6.54 Å². The molecule has 0 unspecified atom stereocenters. The lowest BCUT2D eigenvalue weighted by atomic mass is 10.1. The molecule has 0 bridgehead atoms. The van der Waals surface area contributed by atoms with E-state index in [4.69, 9.17) is 10.9 Å². The number of amidine groups is 1. The third-order valence-electron chi connectivity index (χ3n) is 2.90. The Morgan fingerprint density at radius 1 is 1.40 bits per heavy atom. The Kier molecular flexibility index (Phi) is 4.70. The van der Waals surface area contributed by atoms with Crippen LogP contribution >= 0.6 is 11.3 Å². The SMILES string of the molecule is CN(Cc1cccs1)Cc1ccc(/C(N)=N/O)cc1F. The molecule has 0 amide bonds. The van der Waals surface area contributed by atoms with E-state index in [0.29, 0.717) is 17.7 Å². The quantitative estimate of drug-likeness (QED) is 0.385. The molecular weight excluding hydrogens is 277 g/mol. The first-order chi connectivity index (χ1) is 9.60. The number of oxime groups is 1. The first-order valence-corrected chi connectivity index (χ1v) is 6.95. The van der Waals surface area contributed by atoms with Crippen molar-refractivity contribution in [3.05, 3.63) is 57.5 Å². The standard InChI is InChI=1S/C14H16FN3OS/c1-18(9-12-3-2-6-20-12)8-11-5-4-10(7-13(11)15)14(16)17-19/h2-7,19H,8-9H2,1H3,(H2,16,17). The van der Waals surface area contributed by atoms with E-state index in [9.17, 15) is 4.39 Å². The lowest BCUT2D eigenvalue weighted by molar-refractivity contribution is 0.316. The van der Waals surface area contributed by atoms with Crippen molar-refractivity contribution in [3.63, 3.8) is 0 Å². The van der Waals surface area contributed by atoms with Gasteiger partial charge in [0.2, 0.25) is 0 Å². The molecule has 0 fully saturated rings. The molecule has 6 heteroatoms.